The third-order valence-electron chi connectivity index (χ3n) is 4.40. The molecular formula is C21H22N2OS. The van der Waals surface area contributed by atoms with Gasteiger partial charge in [0.2, 0.25) is 0 Å². The third-order valence-corrected chi connectivity index (χ3v) is 5.49. The summed E-state index contributed by atoms with van der Waals surface area (Å²) in [5.74, 6) is 0. The molecule has 1 aromatic carbocycles. The second-order valence-electron chi connectivity index (χ2n) is 6.78. The molecule has 4 heteroatoms. The van der Waals surface area contributed by atoms with Crippen molar-refractivity contribution in [2.75, 3.05) is 25.6 Å². The van der Waals surface area contributed by atoms with E-state index in [1.165, 1.54) is 21.0 Å². The van der Waals surface area contributed by atoms with Crippen LogP contribution in [-0.4, -0.2) is 26.3 Å². The van der Waals surface area contributed by atoms with E-state index in [4.69, 9.17) is 4.74 Å². The maximum Gasteiger partial charge on any atom is 0.0975 e. The van der Waals surface area contributed by atoms with Crippen LogP contribution in [0.5, 0.6) is 0 Å². The first-order chi connectivity index (χ1) is 11.9. The minimum atomic E-state index is -0.399. The van der Waals surface area contributed by atoms with Gasteiger partial charge in [-0.1, -0.05) is 18.2 Å². The van der Waals surface area contributed by atoms with Crippen molar-refractivity contribution < 1.29 is 4.74 Å². The van der Waals surface area contributed by atoms with E-state index in [0.717, 1.165) is 11.1 Å². The average molecular weight is 350 g/mol. The lowest BCUT2D eigenvalue weighted by Crippen LogP contribution is -2.20. The number of nitriles is 1. The first-order valence-corrected chi connectivity index (χ1v) is 9.06. The molecule has 0 atom stereocenters. The predicted octanol–water partition coefficient (Wildman–Crippen LogP) is 5.12. The van der Waals surface area contributed by atoms with Gasteiger partial charge in [0.05, 0.1) is 23.9 Å². The molecule has 0 spiro atoms. The predicted molar refractivity (Wildman–Crippen MR) is 106 cm³/mol. The average Bonchev–Trinajstić information content (AvgIpc) is 3.17. The Balaban J connectivity index is 1.81. The molecule has 0 radical (unpaired) electrons. The summed E-state index contributed by atoms with van der Waals surface area (Å²) in [6.07, 6.45) is 4.10. The summed E-state index contributed by atoms with van der Waals surface area (Å²) in [6.45, 7) is 4.41. The Morgan fingerprint density at radius 2 is 1.84 bits per heavy atom. The Labute approximate surface area is 153 Å². The lowest BCUT2D eigenvalue weighted by molar-refractivity contribution is 0.0512. The van der Waals surface area contributed by atoms with Crippen LogP contribution in [0.15, 0.2) is 53.6 Å². The van der Waals surface area contributed by atoms with Gasteiger partial charge in [-0.25, -0.2) is 0 Å². The van der Waals surface area contributed by atoms with Crippen LogP contribution in [0.1, 0.15) is 18.7 Å². The molecule has 1 aliphatic rings. The van der Waals surface area contributed by atoms with Gasteiger partial charge in [0, 0.05) is 29.5 Å². The van der Waals surface area contributed by atoms with Crippen LogP contribution in [0.4, 0.5) is 5.69 Å². The smallest absolute Gasteiger partial charge is 0.0975 e. The second kappa shape index (κ2) is 6.87. The van der Waals surface area contributed by atoms with Crippen molar-refractivity contribution in [3.8, 4) is 16.5 Å². The molecule has 0 N–H and O–H groups in total. The number of thiophene rings is 1. The SMILES string of the molecule is CN(C)c1ccc(-c2ccc(C=CC3=C(C#N)COC3(C)C)s2)cc1. The van der Waals surface area contributed by atoms with E-state index in [0.29, 0.717) is 6.61 Å². The minimum Gasteiger partial charge on any atom is -0.378 e. The summed E-state index contributed by atoms with van der Waals surface area (Å²) in [4.78, 5) is 4.50. The van der Waals surface area contributed by atoms with Crippen LogP contribution in [0.3, 0.4) is 0 Å². The summed E-state index contributed by atoms with van der Waals surface area (Å²) >= 11 is 1.75. The van der Waals surface area contributed by atoms with Crippen molar-refractivity contribution in [2.45, 2.75) is 19.4 Å². The third kappa shape index (κ3) is 3.68. The molecule has 2 heterocycles. The van der Waals surface area contributed by atoms with E-state index in [1.807, 2.05) is 34.0 Å². The summed E-state index contributed by atoms with van der Waals surface area (Å²) in [7, 11) is 4.09. The van der Waals surface area contributed by atoms with E-state index in [1.54, 1.807) is 11.3 Å². The fourth-order valence-electron chi connectivity index (χ4n) is 2.85. The van der Waals surface area contributed by atoms with Gasteiger partial charge in [-0.3, -0.25) is 0 Å². The van der Waals surface area contributed by atoms with Crippen molar-refractivity contribution in [3.63, 3.8) is 0 Å². The first kappa shape index (κ1) is 17.5. The van der Waals surface area contributed by atoms with Crippen molar-refractivity contribution in [3.05, 3.63) is 58.5 Å². The Bertz CT molecular complexity index is 864. The van der Waals surface area contributed by atoms with E-state index in [9.17, 15) is 5.26 Å². The molecule has 1 aromatic heterocycles. The number of hydrogen-bond donors (Lipinski definition) is 0. The molecular weight excluding hydrogens is 328 g/mol. The number of ether oxygens (including phenoxy) is 1. The molecule has 0 saturated carbocycles. The molecule has 3 nitrogen and oxygen atoms in total. The highest BCUT2D eigenvalue weighted by molar-refractivity contribution is 7.16. The number of rotatable bonds is 4. The maximum atomic E-state index is 9.26. The Morgan fingerprint density at radius 3 is 2.48 bits per heavy atom. The molecule has 2 aromatic rings. The molecule has 0 saturated heterocycles. The standard InChI is InChI=1S/C21H22N2OS/c1-21(2)19(16(13-22)14-24-21)11-9-18-10-12-20(25-18)15-5-7-17(8-6-15)23(3)4/h5-12H,14H2,1-4H3. The molecule has 0 fully saturated rings. The van der Waals surface area contributed by atoms with Gasteiger partial charge >= 0.3 is 0 Å². The van der Waals surface area contributed by atoms with E-state index >= 15 is 0 Å². The highest BCUT2D eigenvalue weighted by atomic mass is 32.1. The summed E-state index contributed by atoms with van der Waals surface area (Å²) in [6, 6.07) is 15.1. The Kier molecular flexibility index (Phi) is 4.80. The van der Waals surface area contributed by atoms with Crippen LogP contribution < -0.4 is 4.90 Å². The zero-order chi connectivity index (χ0) is 18.0. The fourth-order valence-corrected chi connectivity index (χ4v) is 3.77. The molecule has 0 amide bonds. The van der Waals surface area contributed by atoms with Gasteiger partial charge in [0.15, 0.2) is 0 Å². The fraction of sp³-hybridized carbons (Fsp3) is 0.286. The molecule has 3 rings (SSSR count). The number of benzene rings is 1. The normalized spacial score (nSPS) is 16.4. The summed E-state index contributed by atoms with van der Waals surface area (Å²) in [5.41, 5.74) is 3.71. The van der Waals surface area contributed by atoms with Gasteiger partial charge in [0.1, 0.15) is 0 Å². The van der Waals surface area contributed by atoms with Gasteiger partial charge in [-0.15, -0.1) is 11.3 Å². The summed E-state index contributed by atoms with van der Waals surface area (Å²) in [5, 5.41) is 9.26. The zero-order valence-corrected chi connectivity index (χ0v) is 15.9. The molecule has 25 heavy (non-hydrogen) atoms. The Hall–Kier alpha value is -2.35. The van der Waals surface area contributed by atoms with Gasteiger partial charge in [-0.2, -0.15) is 5.26 Å². The molecule has 128 valence electrons. The lowest BCUT2D eigenvalue weighted by Gasteiger charge is -2.19. The molecule has 0 bridgehead atoms. The maximum absolute atomic E-state index is 9.26. The van der Waals surface area contributed by atoms with E-state index in [2.05, 4.69) is 53.4 Å². The van der Waals surface area contributed by atoms with Crippen LogP contribution in [0.25, 0.3) is 16.5 Å². The van der Waals surface area contributed by atoms with Crippen LogP contribution in [0.2, 0.25) is 0 Å². The topological polar surface area (TPSA) is 36.3 Å². The first-order valence-electron chi connectivity index (χ1n) is 8.24. The largest absolute Gasteiger partial charge is 0.378 e. The van der Waals surface area contributed by atoms with Gasteiger partial charge in [-0.05, 0) is 55.3 Å². The highest BCUT2D eigenvalue weighted by Gasteiger charge is 2.31. The second-order valence-corrected chi connectivity index (χ2v) is 7.90. The van der Waals surface area contributed by atoms with Crippen molar-refractivity contribution >= 4 is 23.1 Å². The lowest BCUT2D eigenvalue weighted by atomic mass is 9.96. The minimum absolute atomic E-state index is 0.399. The number of nitrogens with zero attached hydrogens (tertiary/aromatic N) is 2. The Morgan fingerprint density at radius 1 is 1.12 bits per heavy atom. The number of hydrogen-bond acceptors (Lipinski definition) is 4. The molecule has 0 unspecified atom stereocenters. The monoisotopic (exact) mass is 350 g/mol. The molecule has 0 aliphatic carbocycles. The quantitative estimate of drug-likeness (QED) is 0.767. The van der Waals surface area contributed by atoms with Gasteiger partial charge < -0.3 is 9.64 Å². The van der Waals surface area contributed by atoms with Crippen molar-refractivity contribution in [2.24, 2.45) is 0 Å². The summed E-state index contributed by atoms with van der Waals surface area (Å²) < 4.78 is 5.70. The van der Waals surface area contributed by atoms with Crippen LogP contribution in [-0.2, 0) is 4.74 Å². The number of anilines is 1. The van der Waals surface area contributed by atoms with Crippen LogP contribution in [0, 0.1) is 11.3 Å². The molecule has 1 aliphatic heterocycles. The van der Waals surface area contributed by atoms with Crippen molar-refractivity contribution in [1.82, 2.24) is 0 Å². The van der Waals surface area contributed by atoms with E-state index < -0.39 is 5.60 Å². The zero-order valence-electron chi connectivity index (χ0n) is 15.0. The highest BCUT2D eigenvalue weighted by Crippen LogP contribution is 2.34. The van der Waals surface area contributed by atoms with Gasteiger partial charge in [0.25, 0.3) is 0 Å². The van der Waals surface area contributed by atoms with Crippen LogP contribution >= 0.6 is 11.3 Å². The van der Waals surface area contributed by atoms with E-state index in [-0.39, 0.29) is 0 Å². The van der Waals surface area contributed by atoms with Crippen molar-refractivity contribution in [1.29, 1.82) is 5.26 Å².